The Bertz CT molecular complexity index is 464. The van der Waals surface area contributed by atoms with Crippen molar-refractivity contribution in [3.63, 3.8) is 0 Å². The summed E-state index contributed by atoms with van der Waals surface area (Å²) < 4.78 is 13.0. The number of imide groups is 1. The summed E-state index contributed by atoms with van der Waals surface area (Å²) in [5.41, 5.74) is 0. The lowest BCUT2D eigenvalue weighted by Gasteiger charge is -2.34. The molecule has 1 aromatic rings. The number of rotatable bonds is 2. The van der Waals surface area contributed by atoms with E-state index in [0.717, 1.165) is 0 Å². The highest BCUT2D eigenvalue weighted by Gasteiger charge is 2.33. The second kappa shape index (κ2) is 4.48. The SMILES string of the molecule is CCC1C(=O)NC(=O)CN1c1cccc(F)n1. The van der Waals surface area contributed by atoms with Gasteiger partial charge in [-0.2, -0.15) is 4.39 Å². The summed E-state index contributed by atoms with van der Waals surface area (Å²) in [5, 5.41) is 2.25. The van der Waals surface area contributed by atoms with Gasteiger partial charge >= 0.3 is 0 Å². The number of piperazine rings is 1. The third kappa shape index (κ3) is 2.25. The number of pyridine rings is 1. The van der Waals surface area contributed by atoms with Crippen LogP contribution in [-0.4, -0.2) is 29.4 Å². The van der Waals surface area contributed by atoms with Crippen molar-refractivity contribution in [2.45, 2.75) is 19.4 Å². The lowest BCUT2D eigenvalue weighted by molar-refractivity contribution is -0.132. The lowest BCUT2D eigenvalue weighted by atomic mass is 10.1. The summed E-state index contributed by atoms with van der Waals surface area (Å²) >= 11 is 0. The minimum Gasteiger partial charge on any atom is -0.335 e. The summed E-state index contributed by atoms with van der Waals surface area (Å²) in [4.78, 5) is 28.1. The molecular formula is C11H12FN3O2. The summed E-state index contributed by atoms with van der Waals surface area (Å²) in [6, 6.07) is 3.82. The third-order valence-electron chi connectivity index (χ3n) is 2.64. The zero-order chi connectivity index (χ0) is 12.4. The van der Waals surface area contributed by atoms with Crippen LogP contribution in [0.5, 0.6) is 0 Å². The van der Waals surface area contributed by atoms with Gasteiger partial charge in [-0.3, -0.25) is 14.9 Å². The Kier molecular flexibility index (Phi) is 3.03. The monoisotopic (exact) mass is 237 g/mol. The molecule has 6 heteroatoms. The molecule has 0 spiro atoms. The predicted octanol–water partition coefficient (Wildman–Crippen LogP) is 0.462. The zero-order valence-corrected chi connectivity index (χ0v) is 9.31. The van der Waals surface area contributed by atoms with Crippen molar-refractivity contribution in [2.75, 3.05) is 11.4 Å². The van der Waals surface area contributed by atoms with Crippen LogP contribution in [0.25, 0.3) is 0 Å². The van der Waals surface area contributed by atoms with Gasteiger partial charge in [0.2, 0.25) is 17.8 Å². The van der Waals surface area contributed by atoms with Crippen LogP contribution >= 0.6 is 0 Å². The topological polar surface area (TPSA) is 62.3 Å². The minimum absolute atomic E-state index is 0.0146. The second-order valence-corrected chi connectivity index (χ2v) is 3.78. The number of halogens is 1. The van der Waals surface area contributed by atoms with Crippen LogP contribution in [0.4, 0.5) is 10.2 Å². The van der Waals surface area contributed by atoms with Crippen molar-refractivity contribution in [3.8, 4) is 0 Å². The number of hydrogen-bond donors (Lipinski definition) is 1. The molecule has 1 aliphatic rings. The van der Waals surface area contributed by atoms with Crippen LogP contribution in [0.2, 0.25) is 0 Å². The van der Waals surface area contributed by atoms with E-state index < -0.39 is 17.9 Å². The molecule has 1 aliphatic heterocycles. The molecule has 0 bridgehead atoms. The number of nitrogens with zero attached hydrogens (tertiary/aromatic N) is 2. The maximum atomic E-state index is 13.0. The summed E-state index contributed by atoms with van der Waals surface area (Å²) in [6.45, 7) is 1.84. The molecule has 0 saturated carbocycles. The molecule has 1 N–H and O–H groups in total. The first-order chi connectivity index (χ1) is 8.11. The van der Waals surface area contributed by atoms with Crippen LogP contribution < -0.4 is 10.2 Å². The molecule has 1 unspecified atom stereocenters. The molecule has 5 nitrogen and oxygen atoms in total. The van der Waals surface area contributed by atoms with E-state index in [2.05, 4.69) is 10.3 Å². The van der Waals surface area contributed by atoms with E-state index in [4.69, 9.17) is 0 Å². The molecule has 1 atom stereocenters. The molecular weight excluding hydrogens is 225 g/mol. The van der Waals surface area contributed by atoms with Gasteiger partial charge in [-0.05, 0) is 18.6 Å². The van der Waals surface area contributed by atoms with Gasteiger partial charge in [0.05, 0.1) is 6.54 Å². The first kappa shape index (κ1) is 11.5. The number of carbonyl (C=O) groups excluding carboxylic acids is 2. The van der Waals surface area contributed by atoms with Gasteiger partial charge in [0.1, 0.15) is 11.9 Å². The van der Waals surface area contributed by atoms with Crippen molar-refractivity contribution in [2.24, 2.45) is 0 Å². The largest absolute Gasteiger partial charge is 0.335 e. The molecule has 0 aliphatic carbocycles. The van der Waals surface area contributed by atoms with Crippen LogP contribution in [0.15, 0.2) is 18.2 Å². The molecule has 1 fully saturated rings. The van der Waals surface area contributed by atoms with Gasteiger partial charge in [0.15, 0.2) is 0 Å². The van der Waals surface area contributed by atoms with E-state index >= 15 is 0 Å². The molecule has 2 heterocycles. The number of carbonyl (C=O) groups is 2. The fourth-order valence-electron chi connectivity index (χ4n) is 1.87. The van der Waals surface area contributed by atoms with E-state index in [-0.39, 0.29) is 12.5 Å². The van der Waals surface area contributed by atoms with Crippen LogP contribution in [0.3, 0.4) is 0 Å². The molecule has 0 radical (unpaired) electrons. The molecule has 0 aromatic carbocycles. The standard InChI is InChI=1S/C11H12FN3O2/c1-2-7-11(17)14-10(16)6-15(7)9-5-3-4-8(12)13-9/h3-5,7H,2,6H2,1H3,(H,14,16,17). The summed E-state index contributed by atoms with van der Waals surface area (Å²) in [6.07, 6.45) is 0.525. The molecule has 2 amide bonds. The van der Waals surface area contributed by atoms with E-state index in [1.54, 1.807) is 6.07 Å². The first-order valence-corrected chi connectivity index (χ1v) is 5.34. The quantitative estimate of drug-likeness (QED) is 0.599. The van der Waals surface area contributed by atoms with Gasteiger partial charge in [0.25, 0.3) is 0 Å². The Morgan fingerprint density at radius 1 is 1.53 bits per heavy atom. The highest BCUT2D eigenvalue weighted by atomic mass is 19.1. The number of anilines is 1. The average molecular weight is 237 g/mol. The third-order valence-corrected chi connectivity index (χ3v) is 2.64. The number of aromatic nitrogens is 1. The van der Waals surface area contributed by atoms with E-state index in [0.29, 0.717) is 12.2 Å². The second-order valence-electron chi connectivity index (χ2n) is 3.78. The Morgan fingerprint density at radius 3 is 2.94 bits per heavy atom. The Labute approximate surface area is 97.6 Å². The van der Waals surface area contributed by atoms with Gasteiger partial charge in [-0.15, -0.1) is 0 Å². The molecule has 90 valence electrons. The number of hydrogen-bond acceptors (Lipinski definition) is 4. The maximum absolute atomic E-state index is 13.0. The van der Waals surface area contributed by atoms with Gasteiger partial charge < -0.3 is 4.90 Å². The smallest absolute Gasteiger partial charge is 0.249 e. The zero-order valence-electron chi connectivity index (χ0n) is 9.31. The molecule has 1 saturated heterocycles. The predicted molar refractivity (Wildman–Crippen MR) is 58.8 cm³/mol. The Hall–Kier alpha value is -1.98. The van der Waals surface area contributed by atoms with Crippen molar-refractivity contribution in [3.05, 3.63) is 24.1 Å². The highest BCUT2D eigenvalue weighted by Crippen LogP contribution is 2.18. The van der Waals surface area contributed by atoms with Crippen molar-refractivity contribution in [1.29, 1.82) is 0 Å². The maximum Gasteiger partial charge on any atom is 0.249 e. The van der Waals surface area contributed by atoms with Crippen LogP contribution in [0, 0.1) is 5.95 Å². The fraction of sp³-hybridized carbons (Fsp3) is 0.364. The van der Waals surface area contributed by atoms with E-state index in [9.17, 15) is 14.0 Å². The van der Waals surface area contributed by atoms with E-state index in [1.165, 1.54) is 17.0 Å². The highest BCUT2D eigenvalue weighted by molar-refractivity contribution is 6.04. The minimum atomic E-state index is -0.629. The Balaban J connectivity index is 2.34. The van der Waals surface area contributed by atoms with Gasteiger partial charge in [-0.25, -0.2) is 4.98 Å². The van der Waals surface area contributed by atoms with Crippen molar-refractivity contribution < 1.29 is 14.0 Å². The molecule has 1 aromatic heterocycles. The first-order valence-electron chi connectivity index (χ1n) is 5.34. The molecule has 2 rings (SSSR count). The summed E-state index contributed by atoms with van der Waals surface area (Å²) in [5.74, 6) is -1.09. The van der Waals surface area contributed by atoms with Crippen molar-refractivity contribution >= 4 is 17.6 Å². The number of nitrogens with one attached hydrogen (secondary N) is 1. The fourth-order valence-corrected chi connectivity index (χ4v) is 1.87. The van der Waals surface area contributed by atoms with Crippen molar-refractivity contribution in [1.82, 2.24) is 10.3 Å². The summed E-state index contributed by atoms with van der Waals surface area (Å²) in [7, 11) is 0. The van der Waals surface area contributed by atoms with E-state index in [1.807, 2.05) is 6.92 Å². The molecule has 17 heavy (non-hydrogen) atoms. The normalized spacial score (nSPS) is 20.4. The average Bonchev–Trinajstić information content (AvgIpc) is 2.28. The number of amides is 2. The Morgan fingerprint density at radius 2 is 2.29 bits per heavy atom. The van der Waals surface area contributed by atoms with Crippen LogP contribution in [-0.2, 0) is 9.59 Å². The lowest BCUT2D eigenvalue weighted by Crippen LogP contribution is -2.58. The van der Waals surface area contributed by atoms with Crippen LogP contribution in [0.1, 0.15) is 13.3 Å². The van der Waals surface area contributed by atoms with Gasteiger partial charge in [-0.1, -0.05) is 13.0 Å². The van der Waals surface area contributed by atoms with Gasteiger partial charge in [0, 0.05) is 0 Å².